The van der Waals surface area contributed by atoms with Gasteiger partial charge in [-0.15, -0.1) is 0 Å². The summed E-state index contributed by atoms with van der Waals surface area (Å²) < 4.78 is 0. The molecule has 168 valence electrons. The number of benzene rings is 4. The van der Waals surface area contributed by atoms with Crippen molar-refractivity contribution in [3.05, 3.63) is 144 Å². The molecule has 0 aromatic heterocycles. The maximum absolute atomic E-state index is 11.8. The van der Waals surface area contributed by atoms with Crippen LogP contribution < -0.4 is 0 Å². The number of carbonyl (C=O) groups excluding carboxylic acids is 4. The maximum Gasteiger partial charge on any atom is 2.00 e. The molecule has 0 amide bonds. The molecule has 0 saturated carbocycles. The van der Waals surface area contributed by atoms with Gasteiger partial charge in [0.15, 0.2) is 23.1 Å². The van der Waals surface area contributed by atoms with Crippen LogP contribution in [0.1, 0.15) is 54.3 Å². The molecule has 0 aliphatic carbocycles. The zero-order chi connectivity index (χ0) is 24.2. The van der Waals surface area contributed by atoms with Gasteiger partial charge in [0.1, 0.15) is 0 Å². The maximum atomic E-state index is 11.8. The number of hydrogen-bond donors (Lipinski definition) is 0. The SMILES string of the molecule is O=C(CC(=O)c1ccccc1)c1ccccc1.O=C(CC(=O)c1ccccc1)c1ccccc1.[Zn+2]. The van der Waals surface area contributed by atoms with Crippen LogP contribution in [0.25, 0.3) is 0 Å². The molecule has 4 aromatic carbocycles. The first-order chi connectivity index (χ1) is 16.5. The van der Waals surface area contributed by atoms with Gasteiger partial charge in [-0.05, 0) is 0 Å². The third-order valence-electron chi connectivity index (χ3n) is 5.03. The Hall–Kier alpha value is -3.82. The van der Waals surface area contributed by atoms with Crippen LogP contribution in [0.3, 0.4) is 0 Å². The van der Waals surface area contributed by atoms with Crippen LogP contribution >= 0.6 is 0 Å². The molecule has 0 aliphatic rings. The van der Waals surface area contributed by atoms with Crippen molar-refractivity contribution in [2.75, 3.05) is 0 Å². The summed E-state index contributed by atoms with van der Waals surface area (Å²) >= 11 is 0. The van der Waals surface area contributed by atoms with Crippen molar-refractivity contribution >= 4 is 23.1 Å². The Labute approximate surface area is 217 Å². The molecule has 4 rings (SSSR count). The molecule has 0 radical (unpaired) electrons. The third kappa shape index (κ3) is 8.80. The van der Waals surface area contributed by atoms with E-state index in [0.717, 1.165) is 0 Å². The van der Waals surface area contributed by atoms with Gasteiger partial charge in [-0.3, -0.25) is 19.2 Å². The summed E-state index contributed by atoms with van der Waals surface area (Å²) in [5, 5.41) is 0. The molecule has 4 aromatic rings. The predicted octanol–water partition coefficient (Wildman–Crippen LogP) is 6.28. The zero-order valence-corrected chi connectivity index (χ0v) is 22.3. The summed E-state index contributed by atoms with van der Waals surface area (Å²) in [7, 11) is 0. The van der Waals surface area contributed by atoms with Crippen molar-refractivity contribution in [2.24, 2.45) is 0 Å². The Bertz CT molecular complexity index is 1040. The van der Waals surface area contributed by atoms with Gasteiger partial charge < -0.3 is 0 Å². The molecule has 0 unspecified atom stereocenters. The predicted molar refractivity (Wildman–Crippen MR) is 132 cm³/mol. The minimum Gasteiger partial charge on any atom is -0.294 e. The minimum absolute atomic E-state index is 0. The van der Waals surface area contributed by atoms with E-state index in [1.165, 1.54) is 0 Å². The molecule has 0 heterocycles. The number of hydrogen-bond acceptors (Lipinski definition) is 4. The fourth-order valence-corrected chi connectivity index (χ4v) is 3.20. The fourth-order valence-electron chi connectivity index (χ4n) is 3.20. The van der Waals surface area contributed by atoms with E-state index < -0.39 is 0 Å². The van der Waals surface area contributed by atoms with Crippen molar-refractivity contribution in [1.29, 1.82) is 0 Å². The van der Waals surface area contributed by atoms with Gasteiger partial charge in [-0.2, -0.15) is 0 Å². The van der Waals surface area contributed by atoms with E-state index in [2.05, 4.69) is 0 Å². The summed E-state index contributed by atoms with van der Waals surface area (Å²) in [6, 6.07) is 35.5. The van der Waals surface area contributed by atoms with E-state index >= 15 is 0 Å². The van der Waals surface area contributed by atoms with Gasteiger partial charge in [-0.1, -0.05) is 121 Å². The second kappa shape index (κ2) is 14.4. The fraction of sp³-hybridized carbons (Fsp3) is 0.0667. The van der Waals surface area contributed by atoms with E-state index in [0.29, 0.717) is 22.3 Å². The molecule has 35 heavy (non-hydrogen) atoms. The summed E-state index contributed by atoms with van der Waals surface area (Å²) in [5.74, 6) is -0.558. The van der Waals surface area contributed by atoms with Crippen molar-refractivity contribution in [1.82, 2.24) is 0 Å². The van der Waals surface area contributed by atoms with Crippen LogP contribution in [0.4, 0.5) is 0 Å². The summed E-state index contributed by atoms with van der Waals surface area (Å²) in [4.78, 5) is 47.2. The topological polar surface area (TPSA) is 68.3 Å². The molecule has 0 aliphatic heterocycles. The first-order valence-electron chi connectivity index (χ1n) is 10.9. The van der Waals surface area contributed by atoms with Gasteiger partial charge in [-0.25, -0.2) is 0 Å². The monoisotopic (exact) mass is 512 g/mol. The largest absolute Gasteiger partial charge is 2.00 e. The summed E-state index contributed by atoms with van der Waals surface area (Å²) in [6.45, 7) is 0. The van der Waals surface area contributed by atoms with Crippen molar-refractivity contribution in [3.8, 4) is 0 Å². The van der Waals surface area contributed by atoms with Gasteiger partial charge in [0.25, 0.3) is 0 Å². The Kier molecular flexibility index (Phi) is 11.3. The van der Waals surface area contributed by atoms with Crippen molar-refractivity contribution in [2.45, 2.75) is 12.8 Å². The summed E-state index contributed by atoms with van der Waals surface area (Å²) in [5.41, 5.74) is 2.32. The summed E-state index contributed by atoms with van der Waals surface area (Å²) in [6.07, 6.45) is -0.151. The van der Waals surface area contributed by atoms with Crippen LogP contribution in [0.5, 0.6) is 0 Å². The molecular weight excluding hydrogens is 490 g/mol. The van der Waals surface area contributed by atoms with Crippen LogP contribution in [-0.4, -0.2) is 23.1 Å². The molecule has 0 fully saturated rings. The molecule has 0 spiro atoms. The molecule has 0 saturated heterocycles. The first kappa shape index (κ1) is 27.4. The van der Waals surface area contributed by atoms with Crippen LogP contribution in [0.2, 0.25) is 0 Å². The van der Waals surface area contributed by atoms with E-state index in [-0.39, 0.29) is 55.5 Å². The Morgan fingerprint density at radius 2 is 0.514 bits per heavy atom. The Balaban J connectivity index is 0.000000240. The molecule has 5 heteroatoms. The van der Waals surface area contributed by atoms with Gasteiger partial charge in [0.2, 0.25) is 0 Å². The number of carbonyl (C=O) groups is 4. The van der Waals surface area contributed by atoms with E-state index in [9.17, 15) is 19.2 Å². The van der Waals surface area contributed by atoms with Crippen LogP contribution in [0.15, 0.2) is 121 Å². The molecular formula is C30H24O4Zn+2. The minimum atomic E-state index is -0.139. The van der Waals surface area contributed by atoms with Crippen molar-refractivity contribution < 1.29 is 38.7 Å². The average molecular weight is 514 g/mol. The zero-order valence-electron chi connectivity index (χ0n) is 19.3. The molecule has 4 nitrogen and oxygen atoms in total. The molecule has 0 atom stereocenters. The standard InChI is InChI=1S/2C15H12O2.Zn/c2*16-14(12-7-3-1-4-8-12)11-15(17)13-9-5-2-6-10-13;/h2*1-10H,11H2;/q;;+2. The normalized spacial score (nSPS) is 9.60. The Morgan fingerprint density at radius 3 is 0.686 bits per heavy atom. The van der Waals surface area contributed by atoms with Gasteiger partial charge in [0, 0.05) is 22.3 Å². The molecule has 0 N–H and O–H groups in total. The molecule has 0 bridgehead atoms. The van der Waals surface area contributed by atoms with E-state index in [1.54, 1.807) is 97.1 Å². The number of rotatable bonds is 8. The second-order valence-corrected chi connectivity index (χ2v) is 7.51. The van der Waals surface area contributed by atoms with Gasteiger partial charge >= 0.3 is 19.5 Å². The number of ketones is 4. The Morgan fingerprint density at radius 1 is 0.343 bits per heavy atom. The van der Waals surface area contributed by atoms with Crippen molar-refractivity contribution in [3.63, 3.8) is 0 Å². The second-order valence-electron chi connectivity index (χ2n) is 7.51. The third-order valence-corrected chi connectivity index (χ3v) is 5.03. The quantitative estimate of drug-likeness (QED) is 0.158. The van der Waals surface area contributed by atoms with E-state index in [4.69, 9.17) is 0 Å². The smallest absolute Gasteiger partial charge is 0.294 e. The first-order valence-corrected chi connectivity index (χ1v) is 10.9. The van der Waals surface area contributed by atoms with Crippen LogP contribution in [0, 0.1) is 0 Å². The van der Waals surface area contributed by atoms with Crippen LogP contribution in [-0.2, 0) is 19.5 Å². The van der Waals surface area contributed by atoms with Gasteiger partial charge in [0.05, 0.1) is 12.8 Å². The van der Waals surface area contributed by atoms with E-state index in [1.807, 2.05) is 24.3 Å². The number of Topliss-reactive ketones (excluding diaryl/α,β-unsaturated/α-hetero) is 4. The average Bonchev–Trinajstić information content (AvgIpc) is 2.91.